The molecule has 0 bridgehead atoms. The lowest BCUT2D eigenvalue weighted by atomic mass is 10.0. The van der Waals surface area contributed by atoms with Crippen molar-refractivity contribution in [3.8, 4) is 0 Å². The number of hydrogen-bond acceptors (Lipinski definition) is 2. The van der Waals surface area contributed by atoms with E-state index < -0.39 is 30.6 Å². The Morgan fingerprint density at radius 1 is 1.30 bits per heavy atom. The zero-order valence-corrected chi connectivity index (χ0v) is 11.3. The van der Waals surface area contributed by atoms with Gasteiger partial charge in [-0.05, 0) is 55.0 Å². The van der Waals surface area contributed by atoms with Crippen molar-refractivity contribution in [2.75, 3.05) is 6.61 Å². The van der Waals surface area contributed by atoms with E-state index in [0.717, 1.165) is 12.8 Å². The number of halogens is 3. The van der Waals surface area contributed by atoms with Gasteiger partial charge in [0.2, 0.25) is 0 Å². The van der Waals surface area contributed by atoms with Crippen LogP contribution in [-0.4, -0.2) is 18.8 Å². The Bertz CT molecular complexity index is 510. The second-order valence-electron chi connectivity index (χ2n) is 5.55. The van der Waals surface area contributed by atoms with E-state index in [1.54, 1.807) is 6.92 Å². The normalized spacial score (nSPS) is 28.4. The molecule has 0 amide bonds. The standard InChI is InChI=1S/C15H17F3O2/c1-9-6-11(16)7-10-8-15(17,18)14(13(9)10)20-12-4-2-3-5-19-12/h6-7,12,14H,2-5,8H2,1H3. The molecule has 2 nitrogen and oxygen atoms in total. The molecule has 0 saturated carbocycles. The summed E-state index contributed by atoms with van der Waals surface area (Å²) >= 11 is 0. The maximum atomic E-state index is 14.2. The van der Waals surface area contributed by atoms with Crippen molar-refractivity contribution >= 4 is 0 Å². The summed E-state index contributed by atoms with van der Waals surface area (Å²) in [5.41, 5.74) is 1.27. The summed E-state index contributed by atoms with van der Waals surface area (Å²) in [6, 6.07) is 2.46. The lowest BCUT2D eigenvalue weighted by Gasteiger charge is -2.29. The van der Waals surface area contributed by atoms with Crippen molar-refractivity contribution in [3.63, 3.8) is 0 Å². The van der Waals surface area contributed by atoms with Crippen molar-refractivity contribution in [1.29, 1.82) is 0 Å². The van der Waals surface area contributed by atoms with Crippen LogP contribution < -0.4 is 0 Å². The first kappa shape index (κ1) is 13.9. The van der Waals surface area contributed by atoms with Crippen molar-refractivity contribution in [3.05, 3.63) is 34.6 Å². The zero-order chi connectivity index (χ0) is 14.3. The van der Waals surface area contributed by atoms with Gasteiger partial charge in [-0.25, -0.2) is 13.2 Å². The summed E-state index contributed by atoms with van der Waals surface area (Å²) < 4.78 is 52.6. The highest BCUT2D eigenvalue weighted by atomic mass is 19.3. The van der Waals surface area contributed by atoms with Crippen LogP contribution >= 0.6 is 0 Å². The predicted molar refractivity (Wildman–Crippen MR) is 67.2 cm³/mol. The first-order chi connectivity index (χ1) is 9.47. The molecule has 1 heterocycles. The molecule has 0 radical (unpaired) electrons. The Balaban J connectivity index is 1.90. The summed E-state index contributed by atoms with van der Waals surface area (Å²) in [6.07, 6.45) is 0.0803. The van der Waals surface area contributed by atoms with E-state index in [1.807, 2.05) is 0 Å². The largest absolute Gasteiger partial charge is 0.353 e. The number of fused-ring (bicyclic) bond motifs is 1. The smallest absolute Gasteiger partial charge is 0.281 e. The van der Waals surface area contributed by atoms with Crippen LogP contribution in [0.5, 0.6) is 0 Å². The quantitative estimate of drug-likeness (QED) is 0.820. The van der Waals surface area contributed by atoms with Gasteiger partial charge in [0.1, 0.15) is 11.9 Å². The molecule has 1 aliphatic carbocycles. The van der Waals surface area contributed by atoms with E-state index in [2.05, 4.69) is 0 Å². The monoisotopic (exact) mass is 286 g/mol. The van der Waals surface area contributed by atoms with E-state index in [4.69, 9.17) is 9.47 Å². The number of hydrogen-bond donors (Lipinski definition) is 0. The van der Waals surface area contributed by atoms with Gasteiger partial charge in [-0.3, -0.25) is 0 Å². The number of rotatable bonds is 2. The van der Waals surface area contributed by atoms with E-state index in [9.17, 15) is 13.2 Å². The summed E-state index contributed by atoms with van der Waals surface area (Å²) in [5, 5.41) is 0. The second kappa shape index (κ2) is 5.04. The van der Waals surface area contributed by atoms with E-state index >= 15 is 0 Å². The molecule has 1 fully saturated rings. The first-order valence-corrected chi connectivity index (χ1v) is 6.91. The van der Waals surface area contributed by atoms with E-state index in [-0.39, 0.29) is 0 Å². The van der Waals surface area contributed by atoms with E-state index in [0.29, 0.717) is 29.7 Å². The zero-order valence-electron chi connectivity index (χ0n) is 11.3. The van der Waals surface area contributed by atoms with E-state index in [1.165, 1.54) is 12.1 Å². The van der Waals surface area contributed by atoms with Crippen LogP contribution in [-0.2, 0) is 15.9 Å². The second-order valence-corrected chi connectivity index (χ2v) is 5.55. The highest BCUT2D eigenvalue weighted by Crippen LogP contribution is 2.48. The molecule has 1 aromatic rings. The molecule has 0 N–H and O–H groups in total. The Morgan fingerprint density at radius 3 is 2.80 bits per heavy atom. The Morgan fingerprint density at radius 2 is 2.10 bits per heavy atom. The van der Waals surface area contributed by atoms with Crippen molar-refractivity contribution in [1.82, 2.24) is 0 Å². The van der Waals surface area contributed by atoms with Gasteiger partial charge in [-0.1, -0.05) is 0 Å². The highest BCUT2D eigenvalue weighted by Gasteiger charge is 2.50. The molecule has 3 rings (SSSR count). The molecule has 2 aliphatic rings. The third-order valence-corrected chi connectivity index (χ3v) is 3.93. The van der Waals surface area contributed by atoms with Crippen LogP contribution in [0.4, 0.5) is 13.2 Å². The van der Waals surface area contributed by atoms with Crippen LogP contribution in [0.2, 0.25) is 0 Å². The summed E-state index contributed by atoms with van der Waals surface area (Å²) in [5.74, 6) is -3.49. The lowest BCUT2D eigenvalue weighted by Crippen LogP contribution is -2.31. The molecule has 2 unspecified atom stereocenters. The Hall–Kier alpha value is -1.07. The average Bonchev–Trinajstić information content (AvgIpc) is 2.61. The van der Waals surface area contributed by atoms with Gasteiger partial charge < -0.3 is 9.47 Å². The van der Waals surface area contributed by atoms with Gasteiger partial charge >= 0.3 is 0 Å². The molecule has 1 aliphatic heterocycles. The van der Waals surface area contributed by atoms with Crippen molar-refractivity contribution in [2.24, 2.45) is 0 Å². The van der Waals surface area contributed by atoms with Gasteiger partial charge in [-0.15, -0.1) is 0 Å². The molecule has 20 heavy (non-hydrogen) atoms. The van der Waals surface area contributed by atoms with Crippen LogP contribution in [0, 0.1) is 12.7 Å². The van der Waals surface area contributed by atoms with Crippen LogP contribution in [0.25, 0.3) is 0 Å². The molecule has 0 aromatic heterocycles. The highest BCUT2D eigenvalue weighted by molar-refractivity contribution is 5.43. The minimum atomic E-state index is -3.01. The SMILES string of the molecule is Cc1cc(F)cc2c1C(OC1CCCCO1)C(F)(F)C2. The maximum absolute atomic E-state index is 14.2. The van der Waals surface area contributed by atoms with Crippen LogP contribution in [0.15, 0.2) is 12.1 Å². The summed E-state index contributed by atoms with van der Waals surface area (Å²) in [6.45, 7) is 2.18. The molecular weight excluding hydrogens is 269 g/mol. The molecular formula is C15H17F3O2. The molecule has 0 spiro atoms. The van der Waals surface area contributed by atoms with Gasteiger partial charge in [0.15, 0.2) is 6.29 Å². The summed E-state index contributed by atoms with van der Waals surface area (Å²) in [7, 11) is 0. The van der Waals surface area contributed by atoms with Gasteiger partial charge in [0.25, 0.3) is 5.92 Å². The number of alkyl halides is 2. The number of benzene rings is 1. The first-order valence-electron chi connectivity index (χ1n) is 6.91. The fourth-order valence-corrected chi connectivity index (χ4v) is 3.04. The maximum Gasteiger partial charge on any atom is 0.281 e. The molecule has 2 atom stereocenters. The Labute approximate surface area is 115 Å². The van der Waals surface area contributed by atoms with Gasteiger partial charge in [0, 0.05) is 13.0 Å². The van der Waals surface area contributed by atoms with Crippen molar-refractivity contribution < 1.29 is 22.6 Å². The van der Waals surface area contributed by atoms with Gasteiger partial charge in [0.05, 0.1) is 0 Å². The fraction of sp³-hybridized carbons (Fsp3) is 0.600. The summed E-state index contributed by atoms with van der Waals surface area (Å²) in [4.78, 5) is 0. The minimum Gasteiger partial charge on any atom is -0.353 e. The fourth-order valence-electron chi connectivity index (χ4n) is 3.04. The molecule has 1 saturated heterocycles. The number of ether oxygens (including phenoxy) is 2. The topological polar surface area (TPSA) is 18.5 Å². The molecule has 1 aromatic carbocycles. The van der Waals surface area contributed by atoms with Crippen LogP contribution in [0.3, 0.4) is 0 Å². The lowest BCUT2D eigenvalue weighted by molar-refractivity contribution is -0.236. The van der Waals surface area contributed by atoms with Crippen LogP contribution in [0.1, 0.15) is 42.1 Å². The number of aryl methyl sites for hydroxylation is 1. The Kier molecular flexibility index (Phi) is 3.50. The molecule has 110 valence electrons. The third kappa shape index (κ3) is 2.44. The average molecular weight is 286 g/mol. The molecule has 5 heteroatoms. The predicted octanol–water partition coefficient (Wildman–Crippen LogP) is 3.91. The minimum absolute atomic E-state index is 0.341. The van der Waals surface area contributed by atoms with Crippen molar-refractivity contribution in [2.45, 2.75) is 50.9 Å². The third-order valence-electron chi connectivity index (χ3n) is 3.93. The van der Waals surface area contributed by atoms with Gasteiger partial charge in [-0.2, -0.15) is 0 Å².